The van der Waals surface area contributed by atoms with Crippen molar-refractivity contribution in [1.29, 1.82) is 0 Å². The first kappa shape index (κ1) is 23.0. The van der Waals surface area contributed by atoms with E-state index in [1.54, 1.807) is 32.2 Å². The first-order valence-electron chi connectivity index (χ1n) is 11.4. The van der Waals surface area contributed by atoms with E-state index in [2.05, 4.69) is 30.3 Å². The molecule has 0 saturated carbocycles. The van der Waals surface area contributed by atoms with Gasteiger partial charge in [0, 0.05) is 32.4 Å². The van der Waals surface area contributed by atoms with Crippen LogP contribution in [0.1, 0.15) is 28.4 Å². The summed E-state index contributed by atoms with van der Waals surface area (Å²) in [5.74, 6) is 0.182. The van der Waals surface area contributed by atoms with Crippen molar-refractivity contribution in [3.8, 4) is 5.82 Å². The number of benzene rings is 1. The third kappa shape index (κ3) is 4.50. The van der Waals surface area contributed by atoms with Crippen LogP contribution < -0.4 is 0 Å². The number of hydrogen-bond acceptors (Lipinski definition) is 7. The molecule has 10 nitrogen and oxygen atoms in total. The molecule has 11 heteroatoms. The van der Waals surface area contributed by atoms with Crippen LogP contribution in [-0.4, -0.2) is 79.7 Å². The molecule has 1 amide bonds. The molecule has 3 aromatic rings. The fraction of sp³-hybridized carbons (Fsp3) is 0.417. The van der Waals surface area contributed by atoms with Crippen molar-refractivity contribution < 1.29 is 13.9 Å². The van der Waals surface area contributed by atoms with E-state index in [9.17, 15) is 9.18 Å². The van der Waals surface area contributed by atoms with Crippen molar-refractivity contribution in [2.75, 3.05) is 32.8 Å². The molecule has 2 aliphatic rings. The number of aromatic nitrogens is 5. The number of carbonyl (C=O) groups excluding carboxylic acids is 1. The summed E-state index contributed by atoms with van der Waals surface area (Å²) in [5, 5.41) is 11.0. The van der Waals surface area contributed by atoms with Gasteiger partial charge in [-0.3, -0.25) is 9.69 Å². The van der Waals surface area contributed by atoms with Gasteiger partial charge >= 0.3 is 0 Å². The average Bonchev–Trinajstić information content (AvgIpc) is 3.41. The predicted molar refractivity (Wildman–Crippen MR) is 123 cm³/mol. The maximum Gasteiger partial charge on any atom is 0.227 e. The second kappa shape index (κ2) is 9.48. The number of rotatable bonds is 4. The number of carbonyl (C=O) groups is 1. The highest BCUT2D eigenvalue weighted by molar-refractivity contribution is 5.79. The van der Waals surface area contributed by atoms with Gasteiger partial charge in [0.2, 0.25) is 11.6 Å². The Bertz CT molecular complexity index is 1270. The molecule has 0 spiro atoms. The van der Waals surface area contributed by atoms with E-state index in [1.807, 2.05) is 11.0 Å². The molecule has 2 aliphatic heterocycles. The van der Waals surface area contributed by atoms with E-state index >= 15 is 0 Å². The Kier molecular flexibility index (Phi) is 6.23. The molecule has 2 fully saturated rings. The number of amides is 1. The van der Waals surface area contributed by atoms with Crippen LogP contribution in [0, 0.1) is 26.2 Å². The summed E-state index contributed by atoms with van der Waals surface area (Å²) < 4.78 is 21.9. The normalized spacial score (nSPS) is 20.3. The number of aryl methyl sites for hydroxylation is 1. The Labute approximate surface area is 202 Å². The second-order valence-electron chi connectivity index (χ2n) is 8.95. The van der Waals surface area contributed by atoms with Gasteiger partial charge in [0.05, 0.1) is 31.7 Å². The van der Waals surface area contributed by atoms with Gasteiger partial charge in [-0.15, -0.1) is 5.10 Å². The van der Waals surface area contributed by atoms with E-state index in [1.165, 1.54) is 11.0 Å². The first-order chi connectivity index (χ1) is 16.9. The van der Waals surface area contributed by atoms with Crippen molar-refractivity contribution in [1.82, 2.24) is 35.0 Å². The van der Waals surface area contributed by atoms with Crippen molar-refractivity contribution in [3.63, 3.8) is 0 Å². The number of pyridine rings is 1. The van der Waals surface area contributed by atoms with Crippen LogP contribution in [0.25, 0.3) is 10.7 Å². The minimum atomic E-state index is -0.456. The number of morpholine rings is 1. The molecule has 0 bridgehead atoms. The summed E-state index contributed by atoms with van der Waals surface area (Å²) in [5.41, 5.74) is 2.86. The van der Waals surface area contributed by atoms with Crippen molar-refractivity contribution in [2.45, 2.75) is 32.4 Å². The molecule has 2 aromatic heterocycles. The SMILES string of the molecule is [C-]#[N+]c1c(C)c([C@@H]2CN3CCN(C(=O)Cc4ccc(-n5cnnn5)nc4)C[C@@H]3CO2)cc(C)c1F. The summed E-state index contributed by atoms with van der Waals surface area (Å²) in [6, 6.07) is 5.54. The van der Waals surface area contributed by atoms with E-state index in [0.29, 0.717) is 43.2 Å². The third-order valence-electron chi connectivity index (χ3n) is 6.77. The highest BCUT2D eigenvalue weighted by Crippen LogP contribution is 2.36. The van der Waals surface area contributed by atoms with Gasteiger partial charge in [-0.2, -0.15) is 4.68 Å². The highest BCUT2D eigenvalue weighted by atomic mass is 19.1. The van der Waals surface area contributed by atoms with E-state index in [0.717, 1.165) is 17.7 Å². The Hall–Kier alpha value is -3.75. The molecule has 2 atom stereocenters. The van der Waals surface area contributed by atoms with Gasteiger partial charge in [0.15, 0.2) is 5.82 Å². The van der Waals surface area contributed by atoms with Gasteiger partial charge in [-0.05, 0) is 52.6 Å². The second-order valence-corrected chi connectivity index (χ2v) is 8.95. The number of halogens is 1. The fourth-order valence-corrected chi connectivity index (χ4v) is 4.77. The van der Waals surface area contributed by atoms with E-state index in [4.69, 9.17) is 11.3 Å². The highest BCUT2D eigenvalue weighted by Gasteiger charge is 2.36. The van der Waals surface area contributed by atoms with E-state index in [-0.39, 0.29) is 30.2 Å². The van der Waals surface area contributed by atoms with Crippen LogP contribution in [-0.2, 0) is 16.0 Å². The topological polar surface area (TPSA) is 93.6 Å². The molecule has 4 heterocycles. The Morgan fingerprint density at radius 3 is 2.86 bits per heavy atom. The van der Waals surface area contributed by atoms with Crippen LogP contribution in [0.15, 0.2) is 30.7 Å². The summed E-state index contributed by atoms with van der Waals surface area (Å²) in [6.07, 6.45) is 3.18. The number of piperazine rings is 1. The lowest BCUT2D eigenvalue weighted by Gasteiger charge is -2.46. The van der Waals surface area contributed by atoms with Crippen molar-refractivity contribution in [2.24, 2.45) is 0 Å². The molecule has 0 unspecified atom stereocenters. The lowest BCUT2D eigenvalue weighted by molar-refractivity contribution is -0.139. The summed E-state index contributed by atoms with van der Waals surface area (Å²) in [6.45, 7) is 13.9. The van der Waals surface area contributed by atoms with Crippen molar-refractivity contribution >= 4 is 11.6 Å². The molecule has 0 N–H and O–H groups in total. The maximum atomic E-state index is 14.3. The number of hydrogen-bond donors (Lipinski definition) is 0. The lowest BCUT2D eigenvalue weighted by Crippen LogP contribution is -2.59. The zero-order chi connectivity index (χ0) is 24.5. The van der Waals surface area contributed by atoms with Gasteiger partial charge in [0.25, 0.3) is 0 Å². The molecule has 180 valence electrons. The predicted octanol–water partition coefficient (Wildman–Crippen LogP) is 2.19. The number of nitrogens with zero attached hydrogens (tertiary/aromatic N) is 8. The van der Waals surface area contributed by atoms with Crippen LogP contribution in [0.5, 0.6) is 0 Å². The molecular formula is C24H25FN8O2. The quantitative estimate of drug-likeness (QED) is 0.533. The van der Waals surface area contributed by atoms with Gasteiger partial charge in [-0.1, -0.05) is 12.1 Å². The van der Waals surface area contributed by atoms with Crippen molar-refractivity contribution in [3.05, 3.63) is 70.2 Å². The lowest BCUT2D eigenvalue weighted by atomic mass is 9.96. The largest absolute Gasteiger partial charge is 0.371 e. The minimum Gasteiger partial charge on any atom is -0.371 e. The van der Waals surface area contributed by atoms with Crippen LogP contribution in [0.4, 0.5) is 10.1 Å². The van der Waals surface area contributed by atoms with Gasteiger partial charge in [0.1, 0.15) is 12.1 Å². The average molecular weight is 477 g/mol. The maximum absolute atomic E-state index is 14.3. The van der Waals surface area contributed by atoms with Gasteiger partial charge in [-0.25, -0.2) is 14.2 Å². The Morgan fingerprint density at radius 2 is 2.14 bits per heavy atom. The summed E-state index contributed by atoms with van der Waals surface area (Å²) >= 11 is 0. The smallest absolute Gasteiger partial charge is 0.227 e. The monoisotopic (exact) mass is 476 g/mol. The first-order valence-corrected chi connectivity index (χ1v) is 11.4. The zero-order valence-electron chi connectivity index (χ0n) is 19.6. The molecular weight excluding hydrogens is 451 g/mol. The standard InChI is InChI=1S/C24H25FN8O2/c1-15-8-19(16(2)24(26-3)23(15)25)20-12-31-6-7-32(11-18(31)13-35-20)22(34)9-17-4-5-21(27-10-17)33-14-28-29-30-33/h4-5,8,10,14,18,20H,6-7,9,11-13H2,1-2H3/t18-,20+/m1/s1. The number of tetrazole rings is 1. The third-order valence-corrected chi connectivity index (χ3v) is 6.77. The molecule has 0 radical (unpaired) electrons. The molecule has 35 heavy (non-hydrogen) atoms. The number of fused-ring (bicyclic) bond motifs is 1. The minimum absolute atomic E-state index is 0.0513. The Morgan fingerprint density at radius 1 is 1.29 bits per heavy atom. The zero-order valence-corrected chi connectivity index (χ0v) is 19.6. The van der Waals surface area contributed by atoms with Gasteiger partial charge < -0.3 is 9.64 Å². The van der Waals surface area contributed by atoms with E-state index < -0.39 is 5.82 Å². The van der Waals surface area contributed by atoms with Crippen LogP contribution >= 0.6 is 0 Å². The Balaban J connectivity index is 1.20. The fourth-order valence-electron chi connectivity index (χ4n) is 4.77. The molecule has 0 aliphatic carbocycles. The molecule has 5 rings (SSSR count). The number of ether oxygens (including phenoxy) is 1. The molecule has 1 aromatic carbocycles. The summed E-state index contributed by atoms with van der Waals surface area (Å²) in [7, 11) is 0. The van der Waals surface area contributed by atoms with Crippen LogP contribution in [0.3, 0.4) is 0 Å². The molecule has 2 saturated heterocycles. The van der Waals surface area contributed by atoms with Crippen LogP contribution in [0.2, 0.25) is 0 Å². The summed E-state index contributed by atoms with van der Waals surface area (Å²) in [4.78, 5) is 24.9.